The van der Waals surface area contributed by atoms with E-state index >= 15 is 0 Å². The summed E-state index contributed by atoms with van der Waals surface area (Å²) in [4.78, 5) is 10.8. The van der Waals surface area contributed by atoms with Crippen molar-refractivity contribution in [2.45, 2.75) is 27.2 Å². The first-order chi connectivity index (χ1) is 8.88. The Bertz CT molecular complexity index is 407. The van der Waals surface area contributed by atoms with E-state index in [2.05, 4.69) is 20.8 Å². The lowest BCUT2D eigenvalue weighted by atomic mass is 9.93. The van der Waals surface area contributed by atoms with Crippen molar-refractivity contribution in [2.24, 2.45) is 5.41 Å². The van der Waals surface area contributed by atoms with Crippen molar-refractivity contribution in [1.29, 1.82) is 0 Å². The van der Waals surface area contributed by atoms with Gasteiger partial charge in [0.1, 0.15) is 12.4 Å². The normalized spacial score (nSPS) is 11.3. The number of benzene rings is 1. The second kappa shape index (κ2) is 7.14. The predicted octanol–water partition coefficient (Wildman–Crippen LogP) is 3.22. The molecule has 1 rings (SSSR count). The van der Waals surface area contributed by atoms with Crippen LogP contribution < -0.4 is 4.74 Å². The molecule has 1 aromatic carbocycles. The lowest BCUT2D eigenvalue weighted by Gasteiger charge is -2.17. The number of hydrogen-bond acceptors (Lipinski definition) is 3. The summed E-state index contributed by atoms with van der Waals surface area (Å²) in [6.07, 6.45) is 1.00. The Morgan fingerprint density at radius 3 is 2.58 bits per heavy atom. The smallest absolute Gasteiger partial charge is 0.335 e. The molecule has 0 amide bonds. The fraction of sp³-hybridized carbons (Fsp3) is 0.533. The van der Waals surface area contributed by atoms with Crippen LogP contribution in [-0.4, -0.2) is 30.9 Å². The van der Waals surface area contributed by atoms with E-state index in [1.54, 1.807) is 12.1 Å². The first kappa shape index (κ1) is 15.5. The van der Waals surface area contributed by atoms with Crippen LogP contribution in [0.15, 0.2) is 24.3 Å². The Morgan fingerprint density at radius 1 is 1.21 bits per heavy atom. The van der Waals surface area contributed by atoms with Gasteiger partial charge in [-0.2, -0.15) is 0 Å². The van der Waals surface area contributed by atoms with Crippen molar-refractivity contribution in [1.82, 2.24) is 0 Å². The van der Waals surface area contributed by atoms with Crippen LogP contribution in [0.5, 0.6) is 5.75 Å². The monoisotopic (exact) mass is 266 g/mol. The Kier molecular flexibility index (Phi) is 5.83. The molecule has 0 aliphatic rings. The van der Waals surface area contributed by atoms with Crippen molar-refractivity contribution in [2.75, 3.05) is 19.8 Å². The van der Waals surface area contributed by atoms with Gasteiger partial charge in [0.2, 0.25) is 0 Å². The van der Waals surface area contributed by atoms with E-state index in [9.17, 15) is 4.79 Å². The minimum Gasteiger partial charge on any atom is -0.491 e. The topological polar surface area (TPSA) is 55.8 Å². The number of carboxylic acid groups (broad SMARTS) is 1. The molecule has 4 heteroatoms. The maximum absolute atomic E-state index is 10.8. The van der Waals surface area contributed by atoms with Crippen molar-refractivity contribution in [3.05, 3.63) is 29.8 Å². The molecule has 0 aliphatic carbocycles. The molecule has 0 fully saturated rings. The minimum atomic E-state index is -0.952. The zero-order valence-corrected chi connectivity index (χ0v) is 11.8. The van der Waals surface area contributed by atoms with Gasteiger partial charge in [0.15, 0.2) is 0 Å². The fourth-order valence-electron chi connectivity index (χ4n) is 1.42. The maximum atomic E-state index is 10.8. The second-order valence-corrected chi connectivity index (χ2v) is 5.60. The second-order valence-electron chi connectivity index (χ2n) is 5.60. The van der Waals surface area contributed by atoms with E-state index in [0.717, 1.165) is 6.42 Å². The highest BCUT2D eigenvalue weighted by Gasteiger charge is 2.09. The molecule has 0 aromatic heterocycles. The molecule has 0 heterocycles. The summed E-state index contributed by atoms with van der Waals surface area (Å²) in [6.45, 7) is 8.15. The summed E-state index contributed by atoms with van der Waals surface area (Å²) in [5, 5.41) is 8.85. The summed E-state index contributed by atoms with van der Waals surface area (Å²) in [5.41, 5.74) is 0.502. The van der Waals surface area contributed by atoms with E-state index in [4.69, 9.17) is 14.6 Å². The molecular formula is C15H22O4. The van der Waals surface area contributed by atoms with Crippen LogP contribution >= 0.6 is 0 Å². The highest BCUT2D eigenvalue weighted by molar-refractivity contribution is 5.87. The third-order valence-corrected chi connectivity index (χ3v) is 2.57. The molecule has 0 radical (unpaired) electrons. The molecule has 0 unspecified atom stereocenters. The molecule has 0 saturated carbocycles. The average Bonchev–Trinajstić information content (AvgIpc) is 2.32. The average molecular weight is 266 g/mol. The van der Waals surface area contributed by atoms with Crippen LogP contribution in [0.4, 0.5) is 0 Å². The summed E-state index contributed by atoms with van der Waals surface area (Å²) in [6, 6.07) is 6.45. The maximum Gasteiger partial charge on any atom is 0.335 e. The number of rotatable bonds is 7. The minimum absolute atomic E-state index is 0.228. The van der Waals surface area contributed by atoms with Crippen molar-refractivity contribution in [3.63, 3.8) is 0 Å². The molecule has 0 bridgehead atoms. The summed E-state index contributed by atoms with van der Waals surface area (Å²) in [7, 11) is 0. The highest BCUT2D eigenvalue weighted by atomic mass is 16.5. The van der Waals surface area contributed by atoms with Gasteiger partial charge < -0.3 is 14.6 Å². The first-order valence-electron chi connectivity index (χ1n) is 6.42. The van der Waals surface area contributed by atoms with E-state index < -0.39 is 5.97 Å². The van der Waals surface area contributed by atoms with Gasteiger partial charge in [0.05, 0.1) is 12.2 Å². The molecule has 0 saturated heterocycles. The van der Waals surface area contributed by atoms with Crippen LogP contribution in [0, 0.1) is 5.41 Å². The molecule has 1 N–H and O–H groups in total. The third-order valence-electron chi connectivity index (χ3n) is 2.57. The summed E-state index contributed by atoms with van der Waals surface area (Å²) >= 11 is 0. The van der Waals surface area contributed by atoms with Crippen molar-refractivity contribution < 1.29 is 19.4 Å². The molecule has 1 aromatic rings. The van der Waals surface area contributed by atoms with E-state index in [0.29, 0.717) is 25.6 Å². The third kappa shape index (κ3) is 6.82. The van der Waals surface area contributed by atoms with Gasteiger partial charge >= 0.3 is 5.97 Å². The van der Waals surface area contributed by atoms with E-state index in [-0.39, 0.29) is 11.0 Å². The van der Waals surface area contributed by atoms with Crippen LogP contribution in [0.3, 0.4) is 0 Å². The van der Waals surface area contributed by atoms with Gasteiger partial charge in [-0.1, -0.05) is 26.8 Å². The van der Waals surface area contributed by atoms with Crippen LogP contribution in [0.2, 0.25) is 0 Å². The standard InChI is InChI=1S/C15H22O4/c1-15(2,3)7-8-18-9-10-19-13-6-4-5-12(11-13)14(16)17/h4-6,11H,7-10H2,1-3H3,(H,16,17). The quantitative estimate of drug-likeness (QED) is 0.770. The summed E-state index contributed by atoms with van der Waals surface area (Å²) in [5.74, 6) is -0.397. The Balaban J connectivity index is 2.23. The predicted molar refractivity (Wildman–Crippen MR) is 73.8 cm³/mol. The van der Waals surface area contributed by atoms with Crippen molar-refractivity contribution in [3.8, 4) is 5.75 Å². The zero-order valence-electron chi connectivity index (χ0n) is 11.8. The molecular weight excluding hydrogens is 244 g/mol. The Labute approximate surface area is 114 Å². The van der Waals surface area contributed by atoms with Gasteiger partial charge in [0.25, 0.3) is 0 Å². The number of carboxylic acids is 1. The van der Waals surface area contributed by atoms with E-state index in [1.807, 2.05) is 0 Å². The molecule has 0 aliphatic heterocycles. The van der Waals surface area contributed by atoms with Crippen LogP contribution in [0.1, 0.15) is 37.6 Å². The first-order valence-corrected chi connectivity index (χ1v) is 6.42. The number of aromatic carboxylic acids is 1. The molecule has 0 spiro atoms. The largest absolute Gasteiger partial charge is 0.491 e. The molecule has 4 nitrogen and oxygen atoms in total. The number of carbonyl (C=O) groups is 1. The van der Waals surface area contributed by atoms with Gasteiger partial charge in [-0.05, 0) is 30.0 Å². The van der Waals surface area contributed by atoms with E-state index in [1.165, 1.54) is 12.1 Å². The molecule has 0 atom stereocenters. The lowest BCUT2D eigenvalue weighted by molar-refractivity contribution is 0.0695. The number of ether oxygens (including phenoxy) is 2. The Hall–Kier alpha value is -1.55. The summed E-state index contributed by atoms with van der Waals surface area (Å²) < 4.78 is 10.9. The highest BCUT2D eigenvalue weighted by Crippen LogP contribution is 2.18. The fourth-order valence-corrected chi connectivity index (χ4v) is 1.42. The van der Waals surface area contributed by atoms with Crippen molar-refractivity contribution >= 4 is 5.97 Å². The van der Waals surface area contributed by atoms with Gasteiger partial charge in [0, 0.05) is 6.61 Å². The van der Waals surface area contributed by atoms with Crippen LogP contribution in [-0.2, 0) is 4.74 Å². The van der Waals surface area contributed by atoms with Gasteiger partial charge in [-0.15, -0.1) is 0 Å². The van der Waals surface area contributed by atoms with Gasteiger partial charge in [-0.25, -0.2) is 4.79 Å². The van der Waals surface area contributed by atoms with Gasteiger partial charge in [-0.3, -0.25) is 0 Å². The lowest BCUT2D eigenvalue weighted by Crippen LogP contribution is -2.13. The van der Waals surface area contributed by atoms with Crippen LogP contribution in [0.25, 0.3) is 0 Å². The number of hydrogen-bond donors (Lipinski definition) is 1. The Morgan fingerprint density at radius 2 is 1.95 bits per heavy atom. The molecule has 106 valence electrons. The molecule has 19 heavy (non-hydrogen) atoms. The zero-order chi connectivity index (χ0) is 14.3. The SMILES string of the molecule is CC(C)(C)CCOCCOc1cccc(C(=O)O)c1.